The number of carbonyl (C=O) groups is 1. The van der Waals surface area contributed by atoms with Crippen LogP contribution in [0.25, 0.3) is 0 Å². The van der Waals surface area contributed by atoms with Gasteiger partial charge in [0.15, 0.2) is 11.5 Å². The average Bonchev–Trinajstić information content (AvgIpc) is 2.38. The Kier molecular flexibility index (Phi) is 5.34. The van der Waals surface area contributed by atoms with Crippen LogP contribution in [0.1, 0.15) is 16.8 Å². The van der Waals surface area contributed by atoms with E-state index in [1.165, 1.54) is 26.4 Å². The number of rotatable bonds is 5. The van der Waals surface area contributed by atoms with Gasteiger partial charge in [-0.05, 0) is 6.07 Å². The molecule has 0 aliphatic rings. The van der Waals surface area contributed by atoms with Crippen LogP contribution in [-0.2, 0) is 4.74 Å². The monoisotopic (exact) mass is 268 g/mol. The molecule has 0 amide bonds. The third kappa shape index (κ3) is 3.31. The van der Waals surface area contributed by atoms with E-state index in [4.69, 9.17) is 32.2 Å². The zero-order valence-electron chi connectivity index (χ0n) is 10.2. The SMILES string of the molecule is C#CCCOC(=O)c1cc(OC)c(OC)cc1Cl. The second-order valence-electron chi connectivity index (χ2n) is 3.28. The van der Waals surface area contributed by atoms with Crippen molar-refractivity contribution >= 4 is 17.6 Å². The van der Waals surface area contributed by atoms with Crippen molar-refractivity contribution in [2.75, 3.05) is 20.8 Å². The van der Waals surface area contributed by atoms with E-state index in [1.807, 2.05) is 0 Å². The molecule has 1 aromatic carbocycles. The zero-order valence-corrected chi connectivity index (χ0v) is 10.9. The predicted octanol–water partition coefficient (Wildman–Crippen LogP) is 2.54. The van der Waals surface area contributed by atoms with Gasteiger partial charge in [0.05, 0.1) is 24.8 Å². The molecule has 4 nitrogen and oxygen atoms in total. The van der Waals surface area contributed by atoms with E-state index >= 15 is 0 Å². The summed E-state index contributed by atoms with van der Waals surface area (Å²) in [5.41, 5.74) is 0.214. The molecular formula is C13H13ClO4. The number of carbonyl (C=O) groups excluding carboxylic acids is 1. The van der Waals surface area contributed by atoms with Crippen LogP contribution >= 0.6 is 11.6 Å². The van der Waals surface area contributed by atoms with Gasteiger partial charge >= 0.3 is 5.97 Å². The van der Waals surface area contributed by atoms with E-state index in [2.05, 4.69) is 5.92 Å². The maximum atomic E-state index is 11.7. The molecule has 0 aliphatic carbocycles. The largest absolute Gasteiger partial charge is 0.493 e. The smallest absolute Gasteiger partial charge is 0.339 e. The fraction of sp³-hybridized carbons (Fsp3) is 0.308. The van der Waals surface area contributed by atoms with Crippen LogP contribution in [0.15, 0.2) is 12.1 Å². The van der Waals surface area contributed by atoms with E-state index in [0.29, 0.717) is 17.9 Å². The van der Waals surface area contributed by atoms with Crippen molar-refractivity contribution < 1.29 is 19.0 Å². The molecule has 0 bridgehead atoms. The van der Waals surface area contributed by atoms with Gasteiger partial charge < -0.3 is 14.2 Å². The zero-order chi connectivity index (χ0) is 13.5. The summed E-state index contributed by atoms with van der Waals surface area (Å²) in [7, 11) is 2.96. The summed E-state index contributed by atoms with van der Waals surface area (Å²) in [6.45, 7) is 0.153. The Morgan fingerprint density at radius 3 is 2.50 bits per heavy atom. The second-order valence-corrected chi connectivity index (χ2v) is 3.68. The summed E-state index contributed by atoms with van der Waals surface area (Å²) in [6, 6.07) is 2.97. The Bertz CT molecular complexity index is 477. The van der Waals surface area contributed by atoms with E-state index in [0.717, 1.165) is 0 Å². The minimum Gasteiger partial charge on any atom is -0.493 e. The average molecular weight is 269 g/mol. The molecule has 1 rings (SSSR count). The molecule has 0 atom stereocenters. The van der Waals surface area contributed by atoms with Crippen molar-refractivity contribution in [1.82, 2.24) is 0 Å². The van der Waals surface area contributed by atoms with Crippen molar-refractivity contribution in [3.05, 3.63) is 22.7 Å². The Morgan fingerprint density at radius 2 is 1.94 bits per heavy atom. The molecule has 1 aromatic rings. The molecule has 0 heterocycles. The van der Waals surface area contributed by atoms with E-state index in [1.54, 1.807) is 0 Å². The molecule has 0 N–H and O–H groups in total. The molecule has 5 heteroatoms. The first-order chi connectivity index (χ1) is 8.63. The summed E-state index contributed by atoms with van der Waals surface area (Å²) in [4.78, 5) is 11.7. The molecule has 0 aromatic heterocycles. The Labute approximate surface area is 111 Å². The lowest BCUT2D eigenvalue weighted by atomic mass is 10.2. The highest BCUT2D eigenvalue weighted by atomic mass is 35.5. The number of halogens is 1. The minimum absolute atomic E-state index is 0.153. The van der Waals surface area contributed by atoms with Gasteiger partial charge in [-0.1, -0.05) is 11.6 Å². The number of terminal acetylenes is 1. The van der Waals surface area contributed by atoms with Crippen LogP contribution in [-0.4, -0.2) is 26.8 Å². The summed E-state index contributed by atoms with van der Waals surface area (Å²) < 4.78 is 15.1. The van der Waals surface area contributed by atoms with Gasteiger partial charge in [-0.15, -0.1) is 12.3 Å². The van der Waals surface area contributed by atoms with Crippen molar-refractivity contribution in [1.29, 1.82) is 0 Å². The highest BCUT2D eigenvalue weighted by Crippen LogP contribution is 2.33. The van der Waals surface area contributed by atoms with Gasteiger partial charge in [0.2, 0.25) is 0 Å². The van der Waals surface area contributed by atoms with Crippen LogP contribution in [0, 0.1) is 12.3 Å². The number of benzene rings is 1. The van der Waals surface area contributed by atoms with Gasteiger partial charge in [0, 0.05) is 12.5 Å². The molecule has 0 aliphatic heterocycles. The summed E-state index contributed by atoms with van der Waals surface area (Å²) in [5.74, 6) is 2.68. The lowest BCUT2D eigenvalue weighted by molar-refractivity contribution is 0.0513. The highest BCUT2D eigenvalue weighted by Gasteiger charge is 2.16. The van der Waals surface area contributed by atoms with Crippen molar-refractivity contribution in [2.24, 2.45) is 0 Å². The molecular weight excluding hydrogens is 256 g/mol. The Hall–Kier alpha value is -1.86. The maximum Gasteiger partial charge on any atom is 0.339 e. The van der Waals surface area contributed by atoms with Gasteiger partial charge in [-0.25, -0.2) is 4.79 Å². The van der Waals surface area contributed by atoms with Crippen molar-refractivity contribution in [2.45, 2.75) is 6.42 Å². The molecule has 0 fully saturated rings. The first-order valence-corrected chi connectivity index (χ1v) is 5.54. The topological polar surface area (TPSA) is 44.8 Å². The number of ether oxygens (including phenoxy) is 3. The van der Waals surface area contributed by atoms with Gasteiger partial charge in [-0.2, -0.15) is 0 Å². The van der Waals surface area contributed by atoms with Crippen LogP contribution < -0.4 is 9.47 Å². The van der Waals surface area contributed by atoms with Gasteiger partial charge in [-0.3, -0.25) is 0 Å². The van der Waals surface area contributed by atoms with Crippen LogP contribution in [0.4, 0.5) is 0 Å². The lowest BCUT2D eigenvalue weighted by Crippen LogP contribution is -2.07. The second kappa shape index (κ2) is 6.77. The summed E-state index contributed by atoms with van der Waals surface area (Å²) in [6.07, 6.45) is 5.42. The molecule has 96 valence electrons. The van der Waals surface area contributed by atoms with Crippen molar-refractivity contribution in [3.63, 3.8) is 0 Å². The first kappa shape index (κ1) is 14.2. The van der Waals surface area contributed by atoms with Crippen LogP contribution in [0.5, 0.6) is 11.5 Å². The van der Waals surface area contributed by atoms with E-state index in [-0.39, 0.29) is 17.2 Å². The number of esters is 1. The number of hydrogen-bond acceptors (Lipinski definition) is 4. The third-order valence-electron chi connectivity index (χ3n) is 2.17. The number of methoxy groups -OCH3 is 2. The lowest BCUT2D eigenvalue weighted by Gasteiger charge is -2.11. The fourth-order valence-corrected chi connectivity index (χ4v) is 1.52. The van der Waals surface area contributed by atoms with Crippen LogP contribution in [0.3, 0.4) is 0 Å². The highest BCUT2D eigenvalue weighted by molar-refractivity contribution is 6.33. The van der Waals surface area contributed by atoms with Crippen molar-refractivity contribution in [3.8, 4) is 23.8 Å². The standard InChI is InChI=1S/C13H13ClO4/c1-4-5-6-18-13(15)9-7-11(16-2)12(17-3)8-10(9)14/h1,7-8H,5-6H2,2-3H3. The summed E-state index contributed by atoms with van der Waals surface area (Å²) >= 11 is 5.97. The minimum atomic E-state index is -0.545. The Balaban J connectivity index is 2.95. The molecule has 0 saturated heterocycles. The summed E-state index contributed by atoms with van der Waals surface area (Å²) in [5, 5.41) is 0.235. The molecule has 0 radical (unpaired) electrons. The fourth-order valence-electron chi connectivity index (χ4n) is 1.29. The van der Waals surface area contributed by atoms with E-state index in [9.17, 15) is 4.79 Å². The molecule has 18 heavy (non-hydrogen) atoms. The maximum absolute atomic E-state index is 11.7. The van der Waals surface area contributed by atoms with Crippen LogP contribution in [0.2, 0.25) is 5.02 Å². The normalized spacial score (nSPS) is 9.44. The predicted molar refractivity (Wildman–Crippen MR) is 68.3 cm³/mol. The van der Waals surface area contributed by atoms with Gasteiger partial charge in [0.1, 0.15) is 6.61 Å². The third-order valence-corrected chi connectivity index (χ3v) is 2.49. The first-order valence-electron chi connectivity index (χ1n) is 5.16. The quantitative estimate of drug-likeness (QED) is 0.468. The molecule has 0 saturated carbocycles. The molecule has 0 unspecified atom stereocenters. The number of hydrogen-bond donors (Lipinski definition) is 0. The molecule has 0 spiro atoms. The van der Waals surface area contributed by atoms with Gasteiger partial charge in [0.25, 0.3) is 0 Å². The van der Waals surface area contributed by atoms with E-state index < -0.39 is 5.97 Å². The Morgan fingerprint density at radius 1 is 1.33 bits per heavy atom.